The smallest absolute Gasteiger partial charge is 0.134 e. The van der Waals surface area contributed by atoms with Crippen LogP contribution in [-0.4, -0.2) is 27.2 Å². The third-order valence-electron chi connectivity index (χ3n) is 2.43. The number of rotatable bonds is 2. The van der Waals surface area contributed by atoms with Gasteiger partial charge in [0.05, 0.1) is 6.61 Å². The van der Waals surface area contributed by atoms with Crippen molar-refractivity contribution in [3.05, 3.63) is 29.8 Å². The van der Waals surface area contributed by atoms with Crippen LogP contribution in [0.3, 0.4) is 0 Å². The van der Waals surface area contributed by atoms with E-state index in [0.717, 1.165) is 13.2 Å². The van der Waals surface area contributed by atoms with Gasteiger partial charge in [-0.15, -0.1) is 0 Å². The van der Waals surface area contributed by atoms with Crippen molar-refractivity contribution in [2.45, 2.75) is 6.23 Å². The average molecular weight is 192 g/mol. The molecule has 0 aromatic heterocycles. The molecule has 1 aliphatic heterocycles. The largest absolute Gasteiger partial charge is 0.378 e. The van der Waals surface area contributed by atoms with Crippen LogP contribution in [-0.2, 0) is 4.74 Å². The predicted molar refractivity (Wildman–Crippen MR) is 57.5 cm³/mol. The number of nitrogens with one attached hydrogen (secondary N) is 1. The van der Waals surface area contributed by atoms with Gasteiger partial charge in [0.25, 0.3) is 0 Å². The van der Waals surface area contributed by atoms with Crippen molar-refractivity contribution in [2.75, 3.05) is 32.1 Å². The molecular formula is C11H16N2O. The molecule has 3 heteroatoms. The Hall–Kier alpha value is -1.06. The Labute approximate surface area is 84.7 Å². The topological polar surface area (TPSA) is 24.5 Å². The van der Waals surface area contributed by atoms with Gasteiger partial charge < -0.3 is 9.64 Å². The van der Waals surface area contributed by atoms with Crippen molar-refractivity contribution in [2.24, 2.45) is 0 Å². The van der Waals surface area contributed by atoms with Crippen LogP contribution in [0.25, 0.3) is 0 Å². The second kappa shape index (κ2) is 3.98. The minimum absolute atomic E-state index is 0.0891. The zero-order chi connectivity index (χ0) is 9.97. The SMILES string of the molecule is CN(C)c1ccc(C2NCCO2)cc1. The van der Waals surface area contributed by atoms with E-state index in [1.54, 1.807) is 0 Å². The molecule has 1 fully saturated rings. The van der Waals surface area contributed by atoms with Crippen LogP contribution in [0.4, 0.5) is 5.69 Å². The summed E-state index contributed by atoms with van der Waals surface area (Å²) in [5, 5.41) is 3.29. The summed E-state index contributed by atoms with van der Waals surface area (Å²) in [7, 11) is 4.08. The maximum absolute atomic E-state index is 5.51. The van der Waals surface area contributed by atoms with E-state index in [1.165, 1.54) is 11.3 Å². The molecule has 1 atom stereocenters. The third kappa shape index (κ3) is 1.89. The minimum atomic E-state index is 0.0891. The molecule has 1 unspecified atom stereocenters. The first-order valence-electron chi connectivity index (χ1n) is 4.89. The van der Waals surface area contributed by atoms with E-state index in [4.69, 9.17) is 4.74 Å². The van der Waals surface area contributed by atoms with Crippen LogP contribution < -0.4 is 10.2 Å². The van der Waals surface area contributed by atoms with Crippen molar-refractivity contribution >= 4 is 5.69 Å². The second-order valence-electron chi connectivity index (χ2n) is 3.69. The van der Waals surface area contributed by atoms with Gasteiger partial charge in [0.1, 0.15) is 6.23 Å². The Bertz CT molecular complexity index is 289. The van der Waals surface area contributed by atoms with E-state index in [-0.39, 0.29) is 6.23 Å². The van der Waals surface area contributed by atoms with Gasteiger partial charge in [-0.1, -0.05) is 12.1 Å². The molecule has 1 heterocycles. The Kier molecular flexibility index (Phi) is 2.70. The number of nitrogens with zero attached hydrogens (tertiary/aromatic N) is 1. The molecule has 76 valence electrons. The molecule has 1 saturated heterocycles. The number of hydrogen-bond donors (Lipinski definition) is 1. The first kappa shape index (κ1) is 9.49. The van der Waals surface area contributed by atoms with Crippen LogP contribution in [0.2, 0.25) is 0 Å². The lowest BCUT2D eigenvalue weighted by Gasteiger charge is -2.14. The maximum atomic E-state index is 5.51. The highest BCUT2D eigenvalue weighted by atomic mass is 16.5. The maximum Gasteiger partial charge on any atom is 0.134 e. The fourth-order valence-electron chi connectivity index (χ4n) is 1.59. The van der Waals surface area contributed by atoms with Crippen LogP contribution in [0, 0.1) is 0 Å². The molecule has 1 N–H and O–H groups in total. The van der Waals surface area contributed by atoms with Crippen LogP contribution in [0.15, 0.2) is 24.3 Å². The summed E-state index contributed by atoms with van der Waals surface area (Å²) >= 11 is 0. The molecule has 0 aliphatic carbocycles. The van der Waals surface area contributed by atoms with E-state index in [9.17, 15) is 0 Å². The minimum Gasteiger partial charge on any atom is -0.378 e. The molecule has 0 bridgehead atoms. The molecule has 1 aromatic rings. The summed E-state index contributed by atoms with van der Waals surface area (Å²) in [4.78, 5) is 2.09. The molecule has 0 amide bonds. The van der Waals surface area contributed by atoms with Gasteiger partial charge in [0.15, 0.2) is 0 Å². The summed E-state index contributed by atoms with van der Waals surface area (Å²) in [5.74, 6) is 0. The highest BCUT2D eigenvalue weighted by Crippen LogP contribution is 2.20. The Balaban J connectivity index is 2.12. The quantitative estimate of drug-likeness (QED) is 0.766. The average Bonchev–Trinajstić information content (AvgIpc) is 2.71. The number of hydrogen-bond acceptors (Lipinski definition) is 3. The van der Waals surface area contributed by atoms with Crippen molar-refractivity contribution in [1.82, 2.24) is 5.32 Å². The van der Waals surface area contributed by atoms with E-state index >= 15 is 0 Å². The number of ether oxygens (including phenoxy) is 1. The van der Waals surface area contributed by atoms with Crippen LogP contribution in [0.1, 0.15) is 11.8 Å². The van der Waals surface area contributed by atoms with Crippen molar-refractivity contribution in [1.29, 1.82) is 0 Å². The zero-order valence-electron chi connectivity index (χ0n) is 8.66. The lowest BCUT2D eigenvalue weighted by atomic mass is 10.2. The molecule has 3 nitrogen and oxygen atoms in total. The summed E-state index contributed by atoms with van der Waals surface area (Å²) < 4.78 is 5.51. The van der Waals surface area contributed by atoms with Gasteiger partial charge in [-0.05, 0) is 17.7 Å². The second-order valence-corrected chi connectivity index (χ2v) is 3.69. The fraction of sp³-hybridized carbons (Fsp3) is 0.455. The molecule has 1 aliphatic rings. The summed E-state index contributed by atoms with van der Waals surface area (Å²) in [6.07, 6.45) is 0.0891. The van der Waals surface area contributed by atoms with E-state index < -0.39 is 0 Å². The van der Waals surface area contributed by atoms with Gasteiger partial charge in [-0.25, -0.2) is 0 Å². The van der Waals surface area contributed by atoms with Crippen molar-refractivity contribution in [3.8, 4) is 0 Å². The Morgan fingerprint density at radius 2 is 2.00 bits per heavy atom. The molecule has 0 spiro atoms. The molecule has 0 radical (unpaired) electrons. The van der Waals surface area contributed by atoms with Gasteiger partial charge in [0, 0.05) is 26.3 Å². The molecule has 0 saturated carbocycles. The lowest BCUT2D eigenvalue weighted by Crippen LogP contribution is -2.14. The third-order valence-corrected chi connectivity index (χ3v) is 2.43. The van der Waals surface area contributed by atoms with Gasteiger partial charge in [0.2, 0.25) is 0 Å². The lowest BCUT2D eigenvalue weighted by molar-refractivity contribution is 0.102. The van der Waals surface area contributed by atoms with Crippen molar-refractivity contribution < 1.29 is 4.74 Å². The van der Waals surface area contributed by atoms with Gasteiger partial charge >= 0.3 is 0 Å². The number of anilines is 1. The molecule has 2 rings (SSSR count). The Morgan fingerprint density at radius 3 is 2.50 bits per heavy atom. The molecule has 1 aromatic carbocycles. The van der Waals surface area contributed by atoms with Gasteiger partial charge in [-0.2, -0.15) is 0 Å². The van der Waals surface area contributed by atoms with Crippen LogP contribution in [0.5, 0.6) is 0 Å². The first-order valence-corrected chi connectivity index (χ1v) is 4.89. The monoisotopic (exact) mass is 192 g/mol. The van der Waals surface area contributed by atoms with Gasteiger partial charge in [-0.3, -0.25) is 5.32 Å². The standard InChI is InChI=1S/C11H16N2O/c1-13(2)10-5-3-9(4-6-10)11-12-7-8-14-11/h3-6,11-12H,7-8H2,1-2H3. The molecule has 14 heavy (non-hydrogen) atoms. The first-order chi connectivity index (χ1) is 6.77. The summed E-state index contributed by atoms with van der Waals surface area (Å²) in [6.45, 7) is 1.75. The zero-order valence-corrected chi connectivity index (χ0v) is 8.66. The predicted octanol–water partition coefficient (Wildman–Crippen LogP) is 1.37. The van der Waals surface area contributed by atoms with E-state index in [2.05, 4.69) is 34.5 Å². The molecular weight excluding hydrogens is 176 g/mol. The Morgan fingerprint density at radius 1 is 1.29 bits per heavy atom. The summed E-state index contributed by atoms with van der Waals surface area (Å²) in [6, 6.07) is 8.44. The highest BCUT2D eigenvalue weighted by Gasteiger charge is 2.15. The number of benzene rings is 1. The van der Waals surface area contributed by atoms with E-state index in [0.29, 0.717) is 0 Å². The van der Waals surface area contributed by atoms with Crippen LogP contribution >= 0.6 is 0 Å². The highest BCUT2D eigenvalue weighted by molar-refractivity contribution is 5.46. The normalized spacial score (nSPS) is 21.1. The van der Waals surface area contributed by atoms with Crippen molar-refractivity contribution in [3.63, 3.8) is 0 Å². The fourth-order valence-corrected chi connectivity index (χ4v) is 1.59. The van der Waals surface area contributed by atoms with E-state index in [1.807, 2.05) is 14.1 Å². The summed E-state index contributed by atoms with van der Waals surface area (Å²) in [5.41, 5.74) is 2.42.